The molecule has 1 aliphatic carbocycles. The van der Waals surface area contributed by atoms with Gasteiger partial charge in [-0.2, -0.15) is 0 Å². The van der Waals surface area contributed by atoms with Crippen molar-refractivity contribution in [1.29, 1.82) is 0 Å². The van der Waals surface area contributed by atoms with Crippen LogP contribution in [0.3, 0.4) is 0 Å². The Morgan fingerprint density at radius 1 is 1.28 bits per heavy atom. The van der Waals surface area contributed by atoms with Gasteiger partial charge in [-0.25, -0.2) is 4.79 Å². The van der Waals surface area contributed by atoms with Gasteiger partial charge < -0.3 is 14.2 Å². The van der Waals surface area contributed by atoms with E-state index in [1.54, 1.807) is 21.0 Å². The second-order valence-corrected chi connectivity index (χ2v) is 6.72. The summed E-state index contributed by atoms with van der Waals surface area (Å²) in [6.07, 6.45) is 2.31. The number of aryl methyl sites for hydroxylation is 1. The third-order valence-electron chi connectivity index (χ3n) is 4.87. The minimum absolute atomic E-state index is 0.111. The number of ether oxygens (including phenoxy) is 3. The first-order valence-electron chi connectivity index (χ1n) is 8.91. The molecule has 3 atom stereocenters. The molecular weight excluding hydrogens is 320 g/mol. The van der Waals surface area contributed by atoms with E-state index in [4.69, 9.17) is 14.2 Å². The molecule has 25 heavy (non-hydrogen) atoms. The van der Waals surface area contributed by atoms with E-state index < -0.39 is 23.5 Å². The van der Waals surface area contributed by atoms with E-state index >= 15 is 0 Å². The fourth-order valence-electron chi connectivity index (χ4n) is 3.24. The summed E-state index contributed by atoms with van der Waals surface area (Å²) in [7, 11) is 1.61. The van der Waals surface area contributed by atoms with Crippen molar-refractivity contribution in [2.24, 2.45) is 0 Å². The Morgan fingerprint density at radius 3 is 2.56 bits per heavy atom. The smallest absolute Gasteiger partial charge is 0.350 e. The molecule has 0 radical (unpaired) electrons. The molecule has 5 heteroatoms. The quantitative estimate of drug-likeness (QED) is 0.736. The molecule has 1 aromatic carbocycles. The molecule has 1 fully saturated rings. The molecule has 3 unspecified atom stereocenters. The van der Waals surface area contributed by atoms with Crippen LogP contribution in [-0.4, -0.2) is 37.4 Å². The van der Waals surface area contributed by atoms with Gasteiger partial charge in [-0.05, 0) is 45.6 Å². The van der Waals surface area contributed by atoms with Crippen molar-refractivity contribution in [2.45, 2.75) is 64.1 Å². The first-order chi connectivity index (χ1) is 11.9. The summed E-state index contributed by atoms with van der Waals surface area (Å²) in [5, 5.41) is 0. The molecule has 0 spiro atoms. The van der Waals surface area contributed by atoms with Gasteiger partial charge in [0.1, 0.15) is 0 Å². The lowest BCUT2D eigenvalue weighted by molar-refractivity contribution is -0.192. The second-order valence-electron chi connectivity index (χ2n) is 6.72. The van der Waals surface area contributed by atoms with Gasteiger partial charge in [0, 0.05) is 13.5 Å². The maximum absolute atomic E-state index is 12.7. The highest BCUT2D eigenvalue weighted by Crippen LogP contribution is 2.36. The van der Waals surface area contributed by atoms with Crippen molar-refractivity contribution in [3.05, 3.63) is 35.4 Å². The molecule has 0 bridgehead atoms. The van der Waals surface area contributed by atoms with Gasteiger partial charge in [-0.3, -0.25) is 4.79 Å². The highest BCUT2D eigenvalue weighted by atomic mass is 16.6. The molecular formula is C20H28O5. The normalized spacial score (nSPS) is 24.4. The number of hydrogen-bond acceptors (Lipinski definition) is 5. The van der Waals surface area contributed by atoms with Crippen molar-refractivity contribution in [3.8, 4) is 0 Å². The lowest BCUT2D eigenvalue weighted by Crippen LogP contribution is -2.50. The maximum atomic E-state index is 12.7. The number of carbonyl (C=O) groups excluding carboxylic acids is 2. The number of methoxy groups -OCH3 is 1. The van der Waals surface area contributed by atoms with Crippen molar-refractivity contribution < 1.29 is 23.8 Å². The SMILES string of the molecule is CCOC(=O)C1(OC(=O)C(C)c2ccc(C)cc2)CCCC(OC)C1. The molecule has 1 saturated carbocycles. The molecule has 0 amide bonds. The number of hydrogen-bond donors (Lipinski definition) is 0. The minimum Gasteiger partial charge on any atom is -0.463 e. The lowest BCUT2D eigenvalue weighted by atomic mass is 9.82. The van der Waals surface area contributed by atoms with Crippen LogP contribution in [0.2, 0.25) is 0 Å². The van der Waals surface area contributed by atoms with E-state index in [2.05, 4.69) is 0 Å². The topological polar surface area (TPSA) is 61.8 Å². The Labute approximate surface area is 149 Å². The zero-order valence-electron chi connectivity index (χ0n) is 15.5. The van der Waals surface area contributed by atoms with Crippen LogP contribution < -0.4 is 0 Å². The zero-order valence-corrected chi connectivity index (χ0v) is 15.5. The Bertz CT molecular complexity index is 595. The Hall–Kier alpha value is -1.88. The fourth-order valence-corrected chi connectivity index (χ4v) is 3.24. The standard InChI is InChI=1S/C20H28O5/c1-5-24-19(22)20(12-6-7-17(13-20)23-4)25-18(21)15(3)16-10-8-14(2)9-11-16/h8-11,15,17H,5-7,12-13H2,1-4H3. The molecule has 1 aromatic rings. The summed E-state index contributed by atoms with van der Waals surface area (Å²) in [5.41, 5.74) is 0.751. The predicted molar refractivity (Wildman–Crippen MR) is 94.3 cm³/mol. The van der Waals surface area contributed by atoms with Crippen LogP contribution in [0.5, 0.6) is 0 Å². The largest absolute Gasteiger partial charge is 0.463 e. The van der Waals surface area contributed by atoms with Gasteiger partial charge in [0.25, 0.3) is 0 Å². The zero-order chi connectivity index (χ0) is 18.4. The molecule has 0 aromatic heterocycles. The predicted octanol–water partition coefficient (Wildman–Crippen LogP) is 3.53. The molecule has 0 heterocycles. The van der Waals surface area contributed by atoms with Crippen LogP contribution in [0.4, 0.5) is 0 Å². The summed E-state index contributed by atoms with van der Waals surface area (Å²) in [5.74, 6) is -1.33. The monoisotopic (exact) mass is 348 g/mol. The molecule has 138 valence electrons. The van der Waals surface area contributed by atoms with E-state index in [9.17, 15) is 9.59 Å². The molecule has 0 saturated heterocycles. The van der Waals surface area contributed by atoms with Gasteiger partial charge in [-0.15, -0.1) is 0 Å². The van der Waals surface area contributed by atoms with Crippen molar-refractivity contribution in [1.82, 2.24) is 0 Å². The third kappa shape index (κ3) is 4.60. The molecule has 0 aliphatic heterocycles. The van der Waals surface area contributed by atoms with Crippen LogP contribution in [0.25, 0.3) is 0 Å². The lowest BCUT2D eigenvalue weighted by Gasteiger charge is -2.38. The summed E-state index contributed by atoms with van der Waals surface area (Å²) in [4.78, 5) is 25.3. The number of benzene rings is 1. The first-order valence-corrected chi connectivity index (χ1v) is 8.91. The van der Waals surface area contributed by atoms with E-state index in [1.807, 2.05) is 31.2 Å². The maximum Gasteiger partial charge on any atom is 0.350 e. The Balaban J connectivity index is 2.19. The highest BCUT2D eigenvalue weighted by molar-refractivity contribution is 5.86. The number of carbonyl (C=O) groups is 2. The van der Waals surface area contributed by atoms with E-state index in [0.717, 1.165) is 24.0 Å². The van der Waals surface area contributed by atoms with Crippen molar-refractivity contribution in [3.63, 3.8) is 0 Å². The van der Waals surface area contributed by atoms with Crippen LogP contribution in [0, 0.1) is 6.92 Å². The average Bonchev–Trinajstić information content (AvgIpc) is 2.62. The van der Waals surface area contributed by atoms with Crippen LogP contribution in [-0.2, 0) is 23.8 Å². The van der Waals surface area contributed by atoms with Gasteiger partial charge in [0.05, 0.1) is 18.6 Å². The van der Waals surface area contributed by atoms with E-state index in [-0.39, 0.29) is 12.7 Å². The van der Waals surface area contributed by atoms with Crippen molar-refractivity contribution in [2.75, 3.05) is 13.7 Å². The molecule has 2 rings (SSSR count). The Kier molecular flexibility index (Phi) is 6.59. The van der Waals surface area contributed by atoms with Crippen molar-refractivity contribution >= 4 is 11.9 Å². The van der Waals surface area contributed by atoms with E-state index in [1.165, 1.54) is 0 Å². The van der Waals surface area contributed by atoms with Gasteiger partial charge >= 0.3 is 11.9 Å². The van der Waals surface area contributed by atoms with Gasteiger partial charge in [0.15, 0.2) is 0 Å². The number of esters is 2. The molecule has 5 nitrogen and oxygen atoms in total. The molecule has 0 N–H and O–H groups in total. The summed E-state index contributed by atoms with van der Waals surface area (Å²) < 4.78 is 16.4. The van der Waals surface area contributed by atoms with Crippen LogP contribution >= 0.6 is 0 Å². The summed E-state index contributed by atoms with van der Waals surface area (Å²) in [6.45, 7) is 5.79. The van der Waals surface area contributed by atoms with Crippen LogP contribution in [0.1, 0.15) is 56.6 Å². The van der Waals surface area contributed by atoms with Crippen LogP contribution in [0.15, 0.2) is 24.3 Å². The average molecular weight is 348 g/mol. The number of rotatable bonds is 6. The fraction of sp³-hybridized carbons (Fsp3) is 0.600. The van der Waals surface area contributed by atoms with Gasteiger partial charge in [-0.1, -0.05) is 29.8 Å². The molecule has 1 aliphatic rings. The summed E-state index contributed by atoms with van der Waals surface area (Å²) >= 11 is 0. The summed E-state index contributed by atoms with van der Waals surface area (Å²) in [6, 6.07) is 7.75. The van der Waals surface area contributed by atoms with E-state index in [0.29, 0.717) is 12.8 Å². The minimum atomic E-state index is -1.25. The highest BCUT2D eigenvalue weighted by Gasteiger charge is 2.48. The van der Waals surface area contributed by atoms with Gasteiger partial charge in [0.2, 0.25) is 5.60 Å². The third-order valence-corrected chi connectivity index (χ3v) is 4.87. The second kappa shape index (κ2) is 8.48. The Morgan fingerprint density at radius 2 is 1.96 bits per heavy atom. The first kappa shape index (κ1) is 19.4.